The molecule has 1 saturated heterocycles. The number of nitrogens with zero attached hydrogens (tertiary/aromatic N) is 1. The molecule has 0 atom stereocenters. The Morgan fingerprint density at radius 2 is 1.92 bits per heavy atom. The van der Waals surface area contributed by atoms with Gasteiger partial charge in [0, 0.05) is 38.7 Å². The van der Waals surface area contributed by atoms with E-state index in [0.717, 1.165) is 38.2 Å². The van der Waals surface area contributed by atoms with E-state index in [-0.39, 0.29) is 30.8 Å². The predicted octanol–water partition coefficient (Wildman–Crippen LogP) is 2.91. The first-order valence-corrected chi connectivity index (χ1v) is 9.41. The average molecular weight is 403 g/mol. The maximum Gasteiger partial charge on any atom is 0.306 e. The zero-order valence-corrected chi connectivity index (χ0v) is 16.3. The number of carbonyl (C=O) groups excluding carboxylic acids is 2. The Hall–Kier alpha value is -1.50. The molecule has 144 valence electrons. The van der Waals surface area contributed by atoms with Crippen LogP contribution in [0.2, 0.25) is 10.0 Å². The second-order valence-electron chi connectivity index (χ2n) is 6.16. The quantitative estimate of drug-likeness (QED) is 0.677. The maximum atomic E-state index is 11.6. The molecule has 0 saturated carbocycles. The van der Waals surface area contributed by atoms with E-state index in [1.165, 1.54) is 7.11 Å². The minimum absolute atomic E-state index is 0.111. The van der Waals surface area contributed by atoms with Gasteiger partial charge in [0.05, 0.1) is 23.6 Å². The number of amides is 1. The summed E-state index contributed by atoms with van der Waals surface area (Å²) in [5.41, 5.74) is 0. The van der Waals surface area contributed by atoms with Crippen molar-refractivity contribution in [2.24, 2.45) is 0 Å². The second-order valence-corrected chi connectivity index (χ2v) is 6.98. The Labute approximate surface area is 163 Å². The third kappa shape index (κ3) is 7.02. The van der Waals surface area contributed by atoms with Crippen LogP contribution in [0.15, 0.2) is 18.2 Å². The minimum Gasteiger partial charge on any atom is -0.490 e. The first-order chi connectivity index (χ1) is 12.5. The summed E-state index contributed by atoms with van der Waals surface area (Å²) in [5.74, 6) is 0.230. The van der Waals surface area contributed by atoms with Crippen LogP contribution in [0, 0.1) is 0 Å². The highest BCUT2D eigenvalue weighted by Gasteiger charge is 2.20. The van der Waals surface area contributed by atoms with Gasteiger partial charge in [-0.1, -0.05) is 23.2 Å². The zero-order valence-electron chi connectivity index (χ0n) is 14.8. The predicted molar refractivity (Wildman–Crippen MR) is 101 cm³/mol. The Morgan fingerprint density at radius 3 is 2.58 bits per heavy atom. The third-order valence-corrected chi connectivity index (χ3v) is 5.00. The number of benzene rings is 1. The van der Waals surface area contributed by atoms with E-state index in [4.69, 9.17) is 27.9 Å². The molecule has 1 heterocycles. The second kappa shape index (κ2) is 10.6. The summed E-state index contributed by atoms with van der Waals surface area (Å²) in [4.78, 5) is 24.9. The topological polar surface area (TPSA) is 67.9 Å². The Kier molecular flexibility index (Phi) is 8.48. The van der Waals surface area contributed by atoms with E-state index in [2.05, 4.69) is 15.0 Å². The number of ether oxygens (including phenoxy) is 2. The van der Waals surface area contributed by atoms with Gasteiger partial charge in [-0.3, -0.25) is 9.59 Å². The highest BCUT2D eigenvalue weighted by molar-refractivity contribution is 6.42. The smallest absolute Gasteiger partial charge is 0.306 e. The van der Waals surface area contributed by atoms with E-state index in [1.807, 2.05) is 6.07 Å². The normalized spacial score (nSPS) is 15.5. The molecular weight excluding hydrogens is 379 g/mol. The molecule has 0 bridgehead atoms. The van der Waals surface area contributed by atoms with E-state index in [9.17, 15) is 9.59 Å². The highest BCUT2D eigenvalue weighted by atomic mass is 35.5. The van der Waals surface area contributed by atoms with E-state index in [1.54, 1.807) is 12.1 Å². The molecule has 26 heavy (non-hydrogen) atoms. The van der Waals surface area contributed by atoms with Gasteiger partial charge in [0.15, 0.2) is 0 Å². The summed E-state index contributed by atoms with van der Waals surface area (Å²) >= 11 is 11.9. The molecule has 0 unspecified atom stereocenters. The van der Waals surface area contributed by atoms with Crippen molar-refractivity contribution in [2.45, 2.75) is 31.8 Å². The number of halogens is 2. The fraction of sp³-hybridized carbons (Fsp3) is 0.556. The molecule has 1 fully saturated rings. The third-order valence-electron chi connectivity index (χ3n) is 4.26. The number of hydrogen-bond donors (Lipinski definition) is 1. The minimum atomic E-state index is -0.371. The van der Waals surface area contributed by atoms with Gasteiger partial charge in [0.25, 0.3) is 0 Å². The molecule has 2 rings (SSSR count). The first-order valence-electron chi connectivity index (χ1n) is 8.65. The van der Waals surface area contributed by atoms with Gasteiger partial charge >= 0.3 is 5.97 Å². The lowest BCUT2D eigenvalue weighted by Gasteiger charge is -2.32. The molecule has 8 heteroatoms. The van der Waals surface area contributed by atoms with Crippen molar-refractivity contribution in [3.05, 3.63) is 28.2 Å². The maximum absolute atomic E-state index is 11.6. The van der Waals surface area contributed by atoms with Crippen LogP contribution >= 0.6 is 23.2 Å². The molecule has 1 aliphatic heterocycles. The van der Waals surface area contributed by atoms with Crippen LogP contribution < -0.4 is 10.1 Å². The van der Waals surface area contributed by atoms with Gasteiger partial charge in [-0.25, -0.2) is 0 Å². The lowest BCUT2D eigenvalue weighted by Crippen LogP contribution is -2.42. The molecule has 1 aromatic rings. The van der Waals surface area contributed by atoms with Crippen molar-refractivity contribution >= 4 is 35.1 Å². The van der Waals surface area contributed by atoms with Crippen molar-refractivity contribution in [3.63, 3.8) is 0 Å². The number of esters is 1. The molecule has 1 amide bonds. The van der Waals surface area contributed by atoms with Crippen molar-refractivity contribution in [3.8, 4) is 5.75 Å². The largest absolute Gasteiger partial charge is 0.490 e. The van der Waals surface area contributed by atoms with Crippen LogP contribution in [0.1, 0.15) is 25.7 Å². The lowest BCUT2D eigenvalue weighted by molar-refractivity contribution is -0.142. The van der Waals surface area contributed by atoms with Gasteiger partial charge in [-0.15, -0.1) is 0 Å². The summed E-state index contributed by atoms with van der Waals surface area (Å²) in [6, 6.07) is 5.29. The number of methoxy groups -OCH3 is 1. The fourth-order valence-corrected chi connectivity index (χ4v) is 3.04. The van der Waals surface area contributed by atoms with Gasteiger partial charge in [0.1, 0.15) is 11.9 Å². The van der Waals surface area contributed by atoms with Crippen LogP contribution in [0.25, 0.3) is 0 Å². The molecule has 0 aromatic heterocycles. The molecule has 0 radical (unpaired) electrons. The SMILES string of the molecule is COC(=O)CCC(=O)NCCN1CCC(Oc2ccc(Cl)c(Cl)c2)CC1. The van der Waals surface area contributed by atoms with Crippen LogP contribution in [-0.4, -0.2) is 56.2 Å². The van der Waals surface area contributed by atoms with Crippen LogP contribution in [0.4, 0.5) is 0 Å². The molecule has 0 spiro atoms. The van der Waals surface area contributed by atoms with Crippen LogP contribution in [-0.2, 0) is 14.3 Å². The standard InChI is InChI=1S/C18H24Cl2N2O4/c1-25-18(24)5-4-17(23)21-8-11-22-9-6-13(7-10-22)26-14-2-3-15(19)16(20)12-14/h2-3,12-13H,4-11H2,1H3,(H,21,23). The molecule has 0 aliphatic carbocycles. The number of hydrogen-bond acceptors (Lipinski definition) is 5. The van der Waals surface area contributed by atoms with E-state index >= 15 is 0 Å². The molecular formula is C18H24Cl2N2O4. The Morgan fingerprint density at radius 1 is 1.19 bits per heavy atom. The summed E-state index contributed by atoms with van der Waals surface area (Å²) in [5, 5.41) is 3.83. The van der Waals surface area contributed by atoms with Gasteiger partial charge < -0.3 is 19.7 Å². The van der Waals surface area contributed by atoms with Gasteiger partial charge in [0.2, 0.25) is 5.91 Å². The summed E-state index contributed by atoms with van der Waals surface area (Å²) < 4.78 is 10.5. The molecule has 1 N–H and O–H groups in total. The van der Waals surface area contributed by atoms with Gasteiger partial charge in [-0.05, 0) is 25.0 Å². The summed E-state index contributed by atoms with van der Waals surface area (Å²) in [6.45, 7) is 3.16. The fourth-order valence-electron chi connectivity index (χ4n) is 2.75. The van der Waals surface area contributed by atoms with Crippen molar-refractivity contribution in [2.75, 3.05) is 33.3 Å². The van der Waals surface area contributed by atoms with Crippen LogP contribution in [0.3, 0.4) is 0 Å². The van der Waals surface area contributed by atoms with Gasteiger partial charge in [-0.2, -0.15) is 0 Å². The summed E-state index contributed by atoms with van der Waals surface area (Å²) in [7, 11) is 1.31. The molecule has 6 nitrogen and oxygen atoms in total. The lowest BCUT2D eigenvalue weighted by atomic mass is 10.1. The van der Waals surface area contributed by atoms with E-state index < -0.39 is 0 Å². The number of carbonyl (C=O) groups is 2. The molecule has 1 aliphatic rings. The van der Waals surface area contributed by atoms with E-state index in [0.29, 0.717) is 16.6 Å². The number of rotatable bonds is 8. The monoisotopic (exact) mass is 402 g/mol. The Balaban J connectivity index is 1.61. The number of piperidine rings is 1. The first kappa shape index (κ1) is 20.8. The van der Waals surface area contributed by atoms with Crippen molar-refractivity contribution in [1.29, 1.82) is 0 Å². The molecule has 1 aromatic carbocycles. The average Bonchev–Trinajstić information content (AvgIpc) is 2.64. The van der Waals surface area contributed by atoms with Crippen LogP contribution in [0.5, 0.6) is 5.75 Å². The van der Waals surface area contributed by atoms with Crippen molar-refractivity contribution in [1.82, 2.24) is 10.2 Å². The highest BCUT2D eigenvalue weighted by Crippen LogP contribution is 2.28. The summed E-state index contributed by atoms with van der Waals surface area (Å²) in [6.07, 6.45) is 2.25. The Bertz CT molecular complexity index is 619. The number of nitrogens with one attached hydrogen (secondary N) is 1. The number of likely N-dealkylation sites (tertiary alicyclic amines) is 1. The zero-order chi connectivity index (χ0) is 18.9. The van der Waals surface area contributed by atoms with Crippen molar-refractivity contribution < 1.29 is 19.1 Å².